The van der Waals surface area contributed by atoms with E-state index in [0.29, 0.717) is 11.1 Å². The number of rotatable bonds is 4. The van der Waals surface area contributed by atoms with E-state index in [1.165, 1.54) is 25.7 Å². The van der Waals surface area contributed by atoms with Crippen molar-refractivity contribution in [3.05, 3.63) is 0 Å². The quantitative estimate of drug-likeness (QED) is 0.703. The normalized spacial score (nSPS) is 27.2. The molecule has 1 fully saturated rings. The fourth-order valence-corrected chi connectivity index (χ4v) is 3.67. The third-order valence-electron chi connectivity index (χ3n) is 4.46. The Hall–Kier alpha value is 0.137. The van der Waals surface area contributed by atoms with E-state index in [4.69, 9.17) is 9.16 Å². The standard InChI is InChI=1S/C14H30O2Si/c1-14(2,3)17(5,6)16-13-9-7-12(8-10-13)11-15-4/h12-13H,7-11H2,1-6H3. The van der Waals surface area contributed by atoms with E-state index in [1.807, 2.05) is 0 Å². The number of methoxy groups -OCH3 is 1. The van der Waals surface area contributed by atoms with Gasteiger partial charge in [-0.25, -0.2) is 0 Å². The molecule has 1 aliphatic carbocycles. The molecule has 0 spiro atoms. The molecular weight excluding hydrogens is 228 g/mol. The SMILES string of the molecule is COCC1CCC(O[Si](C)(C)C(C)(C)C)CC1. The molecule has 0 aromatic rings. The Balaban J connectivity index is 2.40. The van der Waals surface area contributed by atoms with Crippen LogP contribution in [-0.2, 0) is 9.16 Å². The molecule has 102 valence electrons. The zero-order valence-electron chi connectivity index (χ0n) is 12.5. The molecule has 0 bridgehead atoms. The first-order chi connectivity index (χ1) is 7.76. The molecule has 0 radical (unpaired) electrons. The van der Waals surface area contributed by atoms with Crippen molar-refractivity contribution in [3.63, 3.8) is 0 Å². The average molecular weight is 258 g/mol. The Morgan fingerprint density at radius 3 is 2.00 bits per heavy atom. The van der Waals surface area contributed by atoms with Gasteiger partial charge in [0.15, 0.2) is 8.32 Å². The zero-order valence-corrected chi connectivity index (χ0v) is 13.5. The van der Waals surface area contributed by atoms with Crippen molar-refractivity contribution in [1.29, 1.82) is 0 Å². The van der Waals surface area contributed by atoms with Crippen LogP contribution in [0.5, 0.6) is 0 Å². The van der Waals surface area contributed by atoms with Gasteiger partial charge in [-0.1, -0.05) is 20.8 Å². The molecule has 0 N–H and O–H groups in total. The minimum absolute atomic E-state index is 0.330. The summed E-state index contributed by atoms with van der Waals surface area (Å²) in [6.07, 6.45) is 5.49. The highest BCUT2D eigenvalue weighted by molar-refractivity contribution is 6.74. The maximum Gasteiger partial charge on any atom is 0.192 e. The Morgan fingerprint density at radius 1 is 1.06 bits per heavy atom. The molecule has 17 heavy (non-hydrogen) atoms. The summed E-state index contributed by atoms with van der Waals surface area (Å²) in [5, 5.41) is 0.330. The van der Waals surface area contributed by atoms with Crippen molar-refractivity contribution in [1.82, 2.24) is 0 Å². The van der Waals surface area contributed by atoms with Gasteiger partial charge < -0.3 is 9.16 Å². The highest BCUT2D eigenvalue weighted by Gasteiger charge is 2.39. The monoisotopic (exact) mass is 258 g/mol. The van der Waals surface area contributed by atoms with E-state index in [0.717, 1.165) is 12.5 Å². The lowest BCUT2D eigenvalue weighted by molar-refractivity contribution is 0.0770. The summed E-state index contributed by atoms with van der Waals surface area (Å²) >= 11 is 0. The first-order valence-corrected chi connectivity index (χ1v) is 9.84. The summed E-state index contributed by atoms with van der Waals surface area (Å²) < 4.78 is 11.7. The molecule has 0 atom stereocenters. The van der Waals surface area contributed by atoms with Gasteiger partial charge in [-0.05, 0) is 49.7 Å². The molecule has 0 unspecified atom stereocenters. The maximum atomic E-state index is 6.47. The predicted molar refractivity (Wildman–Crippen MR) is 75.9 cm³/mol. The van der Waals surface area contributed by atoms with Gasteiger partial charge in [0.05, 0.1) is 0 Å². The van der Waals surface area contributed by atoms with Crippen molar-refractivity contribution in [2.24, 2.45) is 5.92 Å². The van der Waals surface area contributed by atoms with Crippen molar-refractivity contribution >= 4 is 8.32 Å². The second-order valence-corrected chi connectivity index (χ2v) is 11.7. The van der Waals surface area contributed by atoms with Crippen LogP contribution < -0.4 is 0 Å². The van der Waals surface area contributed by atoms with Gasteiger partial charge in [-0.15, -0.1) is 0 Å². The van der Waals surface area contributed by atoms with E-state index in [9.17, 15) is 0 Å². The molecular formula is C14H30O2Si. The zero-order chi connectivity index (χ0) is 13.1. The average Bonchev–Trinajstić information content (AvgIpc) is 2.19. The third kappa shape index (κ3) is 4.38. The second kappa shape index (κ2) is 5.85. The number of hydrogen-bond donors (Lipinski definition) is 0. The van der Waals surface area contributed by atoms with Crippen LogP contribution in [0, 0.1) is 5.92 Å². The summed E-state index contributed by atoms with van der Waals surface area (Å²) in [5.41, 5.74) is 0. The van der Waals surface area contributed by atoms with Gasteiger partial charge in [0.25, 0.3) is 0 Å². The Kier molecular flexibility index (Phi) is 5.23. The van der Waals surface area contributed by atoms with E-state index in [-0.39, 0.29) is 0 Å². The fourth-order valence-electron chi connectivity index (χ4n) is 2.25. The molecule has 0 aliphatic heterocycles. The van der Waals surface area contributed by atoms with E-state index in [2.05, 4.69) is 33.9 Å². The van der Waals surface area contributed by atoms with Crippen LogP contribution >= 0.6 is 0 Å². The smallest absolute Gasteiger partial charge is 0.192 e. The lowest BCUT2D eigenvalue weighted by Gasteiger charge is -2.41. The first-order valence-electron chi connectivity index (χ1n) is 6.93. The van der Waals surface area contributed by atoms with Gasteiger partial charge >= 0.3 is 0 Å². The van der Waals surface area contributed by atoms with Crippen molar-refractivity contribution in [2.75, 3.05) is 13.7 Å². The predicted octanol–water partition coefficient (Wildman–Crippen LogP) is 4.21. The Morgan fingerprint density at radius 2 is 1.59 bits per heavy atom. The van der Waals surface area contributed by atoms with E-state index in [1.54, 1.807) is 7.11 Å². The molecule has 2 nitrogen and oxygen atoms in total. The molecule has 0 aromatic carbocycles. The lowest BCUT2D eigenvalue weighted by Crippen LogP contribution is -2.44. The summed E-state index contributed by atoms with van der Waals surface area (Å²) in [6.45, 7) is 12.6. The third-order valence-corrected chi connectivity index (χ3v) is 9.00. The molecule has 1 saturated carbocycles. The van der Waals surface area contributed by atoms with Gasteiger partial charge in [0, 0.05) is 19.8 Å². The summed E-state index contributed by atoms with van der Waals surface area (Å²) in [6, 6.07) is 0. The van der Waals surface area contributed by atoms with Gasteiger partial charge in [0.1, 0.15) is 0 Å². The van der Waals surface area contributed by atoms with Crippen LogP contribution in [0.1, 0.15) is 46.5 Å². The van der Waals surface area contributed by atoms with E-state index < -0.39 is 8.32 Å². The van der Waals surface area contributed by atoms with Crippen molar-refractivity contribution in [2.45, 2.75) is 70.7 Å². The fraction of sp³-hybridized carbons (Fsp3) is 1.00. The first kappa shape index (κ1) is 15.2. The van der Waals surface area contributed by atoms with Crippen molar-refractivity contribution < 1.29 is 9.16 Å². The van der Waals surface area contributed by atoms with E-state index >= 15 is 0 Å². The molecule has 1 rings (SSSR count). The van der Waals surface area contributed by atoms with Gasteiger partial charge in [0.2, 0.25) is 0 Å². The highest BCUT2D eigenvalue weighted by atomic mass is 28.4. The molecule has 0 heterocycles. The number of ether oxygens (including phenoxy) is 1. The molecule has 0 amide bonds. The minimum Gasteiger partial charge on any atom is -0.414 e. The lowest BCUT2D eigenvalue weighted by atomic mass is 9.88. The Labute approximate surface area is 108 Å². The molecule has 3 heteroatoms. The Bertz CT molecular complexity index is 225. The molecule has 0 saturated heterocycles. The largest absolute Gasteiger partial charge is 0.414 e. The van der Waals surface area contributed by atoms with Gasteiger partial charge in [-0.2, -0.15) is 0 Å². The minimum atomic E-state index is -1.56. The van der Waals surface area contributed by atoms with Crippen LogP contribution in [0.3, 0.4) is 0 Å². The van der Waals surface area contributed by atoms with Crippen LogP contribution in [0.4, 0.5) is 0 Å². The number of hydrogen-bond acceptors (Lipinski definition) is 2. The van der Waals surface area contributed by atoms with Crippen LogP contribution in [-0.4, -0.2) is 28.1 Å². The molecule has 0 aromatic heterocycles. The highest BCUT2D eigenvalue weighted by Crippen LogP contribution is 2.39. The second-order valence-electron chi connectivity index (χ2n) is 6.98. The summed E-state index contributed by atoms with van der Waals surface area (Å²) in [7, 11) is 0.240. The van der Waals surface area contributed by atoms with Crippen LogP contribution in [0.25, 0.3) is 0 Å². The summed E-state index contributed by atoms with van der Waals surface area (Å²) in [4.78, 5) is 0. The van der Waals surface area contributed by atoms with Gasteiger partial charge in [-0.3, -0.25) is 0 Å². The maximum absolute atomic E-state index is 6.47. The topological polar surface area (TPSA) is 18.5 Å². The molecule has 1 aliphatic rings. The van der Waals surface area contributed by atoms with Crippen molar-refractivity contribution in [3.8, 4) is 0 Å². The van der Waals surface area contributed by atoms with Crippen LogP contribution in [0.2, 0.25) is 18.1 Å². The van der Waals surface area contributed by atoms with Crippen LogP contribution in [0.15, 0.2) is 0 Å². The summed E-state index contributed by atoms with van der Waals surface area (Å²) in [5.74, 6) is 0.763.